The topological polar surface area (TPSA) is 49.6 Å². The quantitative estimate of drug-likeness (QED) is 0.695. The Hall–Kier alpha value is -2.51. The van der Waals surface area contributed by atoms with Crippen molar-refractivity contribution in [2.45, 2.75) is 0 Å². The van der Waals surface area contributed by atoms with Gasteiger partial charge in [-0.25, -0.2) is 9.97 Å². The second-order valence-electron chi connectivity index (χ2n) is 4.42. The van der Waals surface area contributed by atoms with Crippen LogP contribution in [0.5, 0.6) is 0 Å². The normalized spacial score (nSPS) is 10.1. The van der Waals surface area contributed by atoms with E-state index in [2.05, 4.69) is 32.0 Å². The fraction of sp³-hybridized carbons (Fsp3) is 0. The van der Waals surface area contributed by atoms with E-state index in [0.717, 1.165) is 21.3 Å². The molecule has 0 N–H and O–H groups in total. The molecule has 0 amide bonds. The maximum Gasteiger partial charge on any atom is 0.162 e. The van der Waals surface area contributed by atoms with Gasteiger partial charge in [0.25, 0.3) is 0 Å². The molecule has 0 aliphatic carbocycles. The highest BCUT2D eigenvalue weighted by Gasteiger charge is 2.10. The molecule has 3 rings (SSSR count). The highest BCUT2D eigenvalue weighted by Crippen LogP contribution is 2.27. The molecule has 0 aliphatic heterocycles. The summed E-state index contributed by atoms with van der Waals surface area (Å²) in [4.78, 5) is 8.90. The Morgan fingerprint density at radius 3 is 2.33 bits per heavy atom. The predicted molar refractivity (Wildman–Crippen MR) is 85.3 cm³/mol. The van der Waals surface area contributed by atoms with E-state index < -0.39 is 0 Å². The van der Waals surface area contributed by atoms with Gasteiger partial charge < -0.3 is 0 Å². The Kier molecular flexibility index (Phi) is 3.76. The zero-order chi connectivity index (χ0) is 14.7. The molecule has 3 nitrogen and oxygen atoms in total. The van der Waals surface area contributed by atoms with Gasteiger partial charge in [0.2, 0.25) is 0 Å². The van der Waals surface area contributed by atoms with Crippen molar-refractivity contribution in [1.29, 1.82) is 5.26 Å². The van der Waals surface area contributed by atoms with Crippen molar-refractivity contribution in [2.24, 2.45) is 0 Å². The summed E-state index contributed by atoms with van der Waals surface area (Å²) in [6.45, 7) is 0. The van der Waals surface area contributed by atoms with Crippen molar-refractivity contribution in [2.75, 3.05) is 0 Å². The van der Waals surface area contributed by atoms with Gasteiger partial charge in [-0.1, -0.05) is 64.5 Å². The number of hydrogen-bond donors (Lipinski definition) is 0. The van der Waals surface area contributed by atoms with E-state index >= 15 is 0 Å². The number of halogens is 1. The molecule has 0 unspecified atom stereocenters. The van der Waals surface area contributed by atoms with Gasteiger partial charge in [-0.3, -0.25) is 0 Å². The molecule has 2 aromatic carbocycles. The lowest BCUT2D eigenvalue weighted by Gasteiger charge is -2.07. The number of benzene rings is 2. The number of aromatic nitrogens is 2. The van der Waals surface area contributed by atoms with Crippen LogP contribution in [0.1, 0.15) is 5.69 Å². The molecule has 4 heteroatoms. The van der Waals surface area contributed by atoms with E-state index in [9.17, 15) is 5.26 Å². The third kappa shape index (κ3) is 2.83. The molecule has 1 heterocycles. The van der Waals surface area contributed by atoms with Crippen LogP contribution in [0.4, 0.5) is 0 Å². The standard InChI is InChI=1S/C17H10BrN3/c18-15-9-5-4-8-14(15)17-20-13(11-19)10-16(21-17)12-6-2-1-3-7-12/h1-10H. The van der Waals surface area contributed by atoms with Crippen LogP contribution in [0.3, 0.4) is 0 Å². The van der Waals surface area contributed by atoms with Crippen molar-refractivity contribution in [3.63, 3.8) is 0 Å². The lowest BCUT2D eigenvalue weighted by Crippen LogP contribution is -1.96. The Morgan fingerprint density at radius 1 is 0.905 bits per heavy atom. The zero-order valence-corrected chi connectivity index (χ0v) is 12.6. The number of rotatable bonds is 2. The first-order valence-corrected chi connectivity index (χ1v) is 7.17. The molecule has 0 saturated carbocycles. The second kappa shape index (κ2) is 5.86. The molecule has 1 aromatic heterocycles. The van der Waals surface area contributed by atoms with Crippen LogP contribution in [-0.2, 0) is 0 Å². The van der Waals surface area contributed by atoms with E-state index in [1.54, 1.807) is 6.07 Å². The van der Waals surface area contributed by atoms with E-state index in [0.29, 0.717) is 11.5 Å². The molecular formula is C17H10BrN3. The van der Waals surface area contributed by atoms with Gasteiger partial charge in [-0.15, -0.1) is 0 Å². The number of nitriles is 1. The first kappa shape index (κ1) is 13.5. The summed E-state index contributed by atoms with van der Waals surface area (Å²) in [5.41, 5.74) is 2.93. The Bertz CT molecular complexity index is 823. The van der Waals surface area contributed by atoms with Crippen LogP contribution < -0.4 is 0 Å². The van der Waals surface area contributed by atoms with E-state index in [4.69, 9.17) is 0 Å². The third-order valence-electron chi connectivity index (χ3n) is 3.03. The van der Waals surface area contributed by atoms with Gasteiger partial charge in [-0.05, 0) is 6.07 Å². The summed E-state index contributed by atoms with van der Waals surface area (Å²) >= 11 is 3.50. The zero-order valence-electron chi connectivity index (χ0n) is 11.0. The van der Waals surface area contributed by atoms with Crippen LogP contribution in [0.15, 0.2) is 65.1 Å². The fourth-order valence-corrected chi connectivity index (χ4v) is 2.49. The molecule has 0 saturated heterocycles. The van der Waals surface area contributed by atoms with Crippen LogP contribution in [0, 0.1) is 11.3 Å². The summed E-state index contributed by atoms with van der Waals surface area (Å²) in [6, 6.07) is 21.3. The molecule has 3 aromatic rings. The Labute approximate surface area is 131 Å². The molecule has 100 valence electrons. The third-order valence-corrected chi connectivity index (χ3v) is 3.72. The highest BCUT2D eigenvalue weighted by atomic mass is 79.9. The Morgan fingerprint density at radius 2 is 1.62 bits per heavy atom. The predicted octanol–water partition coefficient (Wildman–Crippen LogP) is 4.44. The minimum Gasteiger partial charge on any atom is -0.228 e. The largest absolute Gasteiger partial charge is 0.228 e. The van der Waals surface area contributed by atoms with Gasteiger partial charge in [0.05, 0.1) is 5.69 Å². The first-order valence-electron chi connectivity index (χ1n) is 6.37. The fourth-order valence-electron chi connectivity index (χ4n) is 2.02. The molecular weight excluding hydrogens is 326 g/mol. The van der Waals surface area contributed by atoms with Gasteiger partial charge in [-0.2, -0.15) is 5.26 Å². The smallest absolute Gasteiger partial charge is 0.162 e. The molecule has 0 spiro atoms. The van der Waals surface area contributed by atoms with Crippen molar-refractivity contribution in [3.8, 4) is 28.7 Å². The maximum absolute atomic E-state index is 9.20. The van der Waals surface area contributed by atoms with Crippen LogP contribution in [0.25, 0.3) is 22.6 Å². The van der Waals surface area contributed by atoms with Gasteiger partial charge in [0.1, 0.15) is 11.8 Å². The minimum atomic E-state index is 0.356. The monoisotopic (exact) mass is 335 g/mol. The summed E-state index contributed by atoms with van der Waals surface area (Å²) in [6.07, 6.45) is 0. The van der Waals surface area contributed by atoms with Crippen molar-refractivity contribution in [1.82, 2.24) is 9.97 Å². The summed E-state index contributed by atoms with van der Waals surface area (Å²) in [5, 5.41) is 9.20. The van der Waals surface area contributed by atoms with Crippen molar-refractivity contribution in [3.05, 3.63) is 70.8 Å². The summed E-state index contributed by atoms with van der Waals surface area (Å²) in [5.74, 6) is 0.542. The molecule has 21 heavy (non-hydrogen) atoms. The van der Waals surface area contributed by atoms with E-state index in [-0.39, 0.29) is 0 Å². The lowest BCUT2D eigenvalue weighted by molar-refractivity contribution is 1.15. The Balaban J connectivity index is 2.20. The van der Waals surface area contributed by atoms with Crippen LogP contribution in [0.2, 0.25) is 0 Å². The summed E-state index contributed by atoms with van der Waals surface area (Å²) in [7, 11) is 0. The van der Waals surface area contributed by atoms with Crippen molar-refractivity contribution >= 4 is 15.9 Å². The average Bonchev–Trinajstić information content (AvgIpc) is 2.55. The van der Waals surface area contributed by atoms with Gasteiger partial charge in [0.15, 0.2) is 5.82 Å². The average molecular weight is 336 g/mol. The van der Waals surface area contributed by atoms with Crippen molar-refractivity contribution < 1.29 is 0 Å². The van der Waals surface area contributed by atoms with Crippen LogP contribution >= 0.6 is 15.9 Å². The maximum atomic E-state index is 9.20. The minimum absolute atomic E-state index is 0.356. The van der Waals surface area contributed by atoms with Crippen LogP contribution in [-0.4, -0.2) is 9.97 Å². The van der Waals surface area contributed by atoms with E-state index in [1.165, 1.54) is 0 Å². The van der Waals surface area contributed by atoms with Gasteiger partial charge in [0, 0.05) is 21.7 Å². The summed E-state index contributed by atoms with van der Waals surface area (Å²) < 4.78 is 0.902. The number of nitrogens with zero attached hydrogens (tertiary/aromatic N) is 3. The highest BCUT2D eigenvalue weighted by molar-refractivity contribution is 9.10. The lowest BCUT2D eigenvalue weighted by atomic mass is 10.1. The first-order chi connectivity index (χ1) is 10.3. The number of hydrogen-bond acceptors (Lipinski definition) is 3. The molecule has 0 aliphatic rings. The molecule has 0 bridgehead atoms. The molecule has 0 fully saturated rings. The second-order valence-corrected chi connectivity index (χ2v) is 5.27. The van der Waals surface area contributed by atoms with E-state index in [1.807, 2.05) is 54.6 Å². The molecule has 0 atom stereocenters. The SMILES string of the molecule is N#Cc1cc(-c2ccccc2)nc(-c2ccccc2Br)n1. The molecule has 0 radical (unpaired) electrons. The van der Waals surface area contributed by atoms with Gasteiger partial charge >= 0.3 is 0 Å².